The van der Waals surface area contributed by atoms with Gasteiger partial charge in [-0.1, -0.05) is 0 Å². The molecule has 6 nitrogen and oxygen atoms in total. The van der Waals surface area contributed by atoms with Gasteiger partial charge in [0.15, 0.2) is 17.5 Å². The number of benzene rings is 1. The molecule has 0 radical (unpaired) electrons. The maximum absolute atomic E-state index is 13.8. The van der Waals surface area contributed by atoms with Gasteiger partial charge in [-0.3, -0.25) is 14.4 Å². The summed E-state index contributed by atoms with van der Waals surface area (Å²) in [5, 5.41) is 5.30. The lowest BCUT2D eigenvalue weighted by Gasteiger charge is -2.61. The molecule has 3 amide bonds. The van der Waals surface area contributed by atoms with Crippen molar-refractivity contribution in [1.82, 2.24) is 10.2 Å². The van der Waals surface area contributed by atoms with E-state index >= 15 is 0 Å². The first-order valence-corrected chi connectivity index (χ1v) is 10.5. The van der Waals surface area contributed by atoms with Crippen molar-refractivity contribution in [3.8, 4) is 0 Å². The van der Waals surface area contributed by atoms with E-state index in [1.165, 1.54) is 18.9 Å². The second kappa shape index (κ2) is 7.53. The van der Waals surface area contributed by atoms with E-state index < -0.39 is 34.5 Å². The third-order valence-corrected chi connectivity index (χ3v) is 6.99. The van der Waals surface area contributed by atoms with Gasteiger partial charge in [-0.15, -0.1) is 0 Å². The van der Waals surface area contributed by atoms with Crippen LogP contribution in [0.4, 0.5) is 18.9 Å². The summed E-state index contributed by atoms with van der Waals surface area (Å²) in [5.41, 5.74) is -1.48. The van der Waals surface area contributed by atoms with Crippen molar-refractivity contribution >= 4 is 23.4 Å². The summed E-state index contributed by atoms with van der Waals surface area (Å²) in [4.78, 5) is 38.9. The Morgan fingerprint density at radius 2 is 1.71 bits per heavy atom. The lowest BCUT2D eigenvalue weighted by Crippen LogP contribution is -2.66. The molecule has 0 saturated heterocycles. The number of likely N-dealkylation sites (N-methyl/N-ethyl adjacent to an activating group) is 1. The van der Waals surface area contributed by atoms with Gasteiger partial charge in [-0.2, -0.15) is 0 Å². The first-order valence-electron chi connectivity index (χ1n) is 10.5. The Hall–Kier alpha value is -2.58. The lowest BCUT2D eigenvalue weighted by molar-refractivity contribution is -0.162. The van der Waals surface area contributed by atoms with Gasteiger partial charge >= 0.3 is 0 Å². The standard InChI is InChI=1S/C22H26F3N3O3/c1-12(29)27-22-8-13-5-14(9-22)7-21(6-13,11-22)20(31)28(2)10-17(30)26-16-4-3-15(23)18(24)19(16)25/h3-4,13-14H,5-11H2,1-2H3,(H,26,30)(H,27,29)/t13-,14-,21?,22?/m0/s1. The summed E-state index contributed by atoms with van der Waals surface area (Å²) >= 11 is 0. The quantitative estimate of drug-likeness (QED) is 0.696. The third-order valence-electron chi connectivity index (χ3n) is 6.99. The molecule has 168 valence electrons. The first kappa shape index (κ1) is 21.6. The van der Waals surface area contributed by atoms with Crippen molar-refractivity contribution in [1.29, 1.82) is 0 Å². The van der Waals surface area contributed by atoms with E-state index in [-0.39, 0.29) is 23.9 Å². The predicted octanol–water partition coefficient (Wildman–Crippen LogP) is 2.98. The van der Waals surface area contributed by atoms with Crippen molar-refractivity contribution in [2.24, 2.45) is 17.3 Å². The van der Waals surface area contributed by atoms with Gasteiger partial charge in [0.25, 0.3) is 0 Å². The van der Waals surface area contributed by atoms with Crippen molar-refractivity contribution in [2.75, 3.05) is 18.9 Å². The van der Waals surface area contributed by atoms with Crippen LogP contribution in [-0.4, -0.2) is 41.8 Å². The first-order chi connectivity index (χ1) is 14.5. The molecule has 2 N–H and O–H groups in total. The van der Waals surface area contributed by atoms with E-state index in [0.29, 0.717) is 18.3 Å². The van der Waals surface area contributed by atoms with Gasteiger partial charge in [0, 0.05) is 19.5 Å². The molecule has 1 aromatic rings. The Labute approximate surface area is 178 Å². The van der Waals surface area contributed by atoms with Crippen molar-refractivity contribution in [3.05, 3.63) is 29.6 Å². The van der Waals surface area contributed by atoms with Crippen LogP contribution in [0.2, 0.25) is 0 Å². The van der Waals surface area contributed by atoms with Gasteiger partial charge < -0.3 is 15.5 Å². The number of hydrogen-bond acceptors (Lipinski definition) is 3. The molecule has 0 spiro atoms. The number of nitrogens with zero attached hydrogens (tertiary/aromatic N) is 1. The molecule has 4 bridgehead atoms. The summed E-state index contributed by atoms with van der Waals surface area (Å²) in [6.07, 6.45) is 4.81. The Bertz CT molecular complexity index is 937. The number of carbonyl (C=O) groups excluding carboxylic acids is 3. The van der Waals surface area contributed by atoms with Crippen LogP contribution in [0.1, 0.15) is 45.4 Å². The fraction of sp³-hybridized carbons (Fsp3) is 0.591. The fourth-order valence-electron chi connectivity index (χ4n) is 6.54. The molecule has 0 heterocycles. The average Bonchev–Trinajstić information content (AvgIpc) is 2.65. The molecular weight excluding hydrogens is 411 g/mol. The molecule has 4 saturated carbocycles. The highest BCUT2D eigenvalue weighted by Gasteiger charge is 2.61. The minimum absolute atomic E-state index is 0.106. The lowest BCUT2D eigenvalue weighted by atomic mass is 9.46. The molecule has 4 aliphatic carbocycles. The monoisotopic (exact) mass is 437 g/mol. The highest BCUT2D eigenvalue weighted by Crippen LogP contribution is 2.62. The summed E-state index contributed by atoms with van der Waals surface area (Å²) in [6, 6.07) is 1.66. The number of carbonyl (C=O) groups is 3. The SMILES string of the molecule is CC(=O)NC12C[C@H]3C[C@H](C1)CC(C(=O)N(C)CC(=O)Nc1ccc(F)c(F)c1F)(C3)C2. The van der Waals surface area contributed by atoms with Crippen LogP contribution in [-0.2, 0) is 14.4 Å². The molecule has 0 aliphatic heterocycles. The Morgan fingerprint density at radius 3 is 2.32 bits per heavy atom. The van der Waals surface area contributed by atoms with Crippen LogP contribution in [0.15, 0.2) is 12.1 Å². The highest BCUT2D eigenvalue weighted by atomic mass is 19.2. The largest absolute Gasteiger partial charge is 0.351 e. The van der Waals surface area contributed by atoms with E-state index in [1.807, 2.05) is 0 Å². The molecule has 31 heavy (non-hydrogen) atoms. The number of nitrogens with one attached hydrogen (secondary N) is 2. The van der Waals surface area contributed by atoms with Gasteiger partial charge in [0.2, 0.25) is 17.7 Å². The fourth-order valence-corrected chi connectivity index (χ4v) is 6.54. The van der Waals surface area contributed by atoms with E-state index in [2.05, 4.69) is 10.6 Å². The minimum Gasteiger partial charge on any atom is -0.351 e. The maximum atomic E-state index is 13.8. The van der Waals surface area contributed by atoms with E-state index in [1.54, 1.807) is 0 Å². The zero-order valence-electron chi connectivity index (χ0n) is 17.6. The normalized spacial score (nSPS) is 30.7. The van der Waals surface area contributed by atoms with Gasteiger partial charge in [-0.05, 0) is 62.5 Å². The van der Waals surface area contributed by atoms with Gasteiger partial charge in [0.05, 0.1) is 17.6 Å². The summed E-state index contributed by atoms with van der Waals surface area (Å²) in [6.45, 7) is 1.14. The second-order valence-electron chi connectivity index (χ2n) is 9.64. The highest BCUT2D eigenvalue weighted by molar-refractivity contribution is 5.95. The van der Waals surface area contributed by atoms with Crippen LogP contribution in [0.25, 0.3) is 0 Å². The number of amides is 3. The van der Waals surface area contributed by atoms with E-state index in [4.69, 9.17) is 0 Å². The van der Waals surface area contributed by atoms with Crippen molar-refractivity contribution in [3.63, 3.8) is 0 Å². The number of rotatable bonds is 5. The van der Waals surface area contributed by atoms with Crippen LogP contribution >= 0.6 is 0 Å². The van der Waals surface area contributed by atoms with Crippen LogP contribution in [0.5, 0.6) is 0 Å². The molecule has 9 heteroatoms. The molecule has 5 rings (SSSR count). The van der Waals surface area contributed by atoms with Gasteiger partial charge in [0.1, 0.15) is 0 Å². The molecule has 1 aromatic carbocycles. The predicted molar refractivity (Wildman–Crippen MR) is 106 cm³/mol. The average molecular weight is 437 g/mol. The second-order valence-corrected chi connectivity index (χ2v) is 9.64. The third kappa shape index (κ3) is 3.90. The summed E-state index contributed by atoms with van der Waals surface area (Å²) in [5.74, 6) is -4.77. The van der Waals surface area contributed by atoms with Crippen molar-refractivity contribution in [2.45, 2.75) is 51.0 Å². The zero-order valence-corrected chi connectivity index (χ0v) is 17.6. The molecular formula is C22H26F3N3O3. The smallest absolute Gasteiger partial charge is 0.244 e. The van der Waals surface area contributed by atoms with Crippen LogP contribution < -0.4 is 10.6 Å². The number of hydrogen-bond donors (Lipinski definition) is 2. The van der Waals surface area contributed by atoms with Gasteiger partial charge in [-0.25, -0.2) is 13.2 Å². The Balaban J connectivity index is 1.46. The van der Waals surface area contributed by atoms with Crippen LogP contribution in [0, 0.1) is 34.7 Å². The Kier molecular flexibility index (Phi) is 5.26. The summed E-state index contributed by atoms with van der Waals surface area (Å²) in [7, 11) is 1.51. The molecule has 0 aromatic heterocycles. The summed E-state index contributed by atoms with van der Waals surface area (Å²) < 4.78 is 40.3. The number of halogens is 3. The van der Waals surface area contributed by atoms with Crippen LogP contribution in [0.3, 0.4) is 0 Å². The molecule has 2 atom stereocenters. The maximum Gasteiger partial charge on any atom is 0.244 e. The zero-order chi connectivity index (χ0) is 22.6. The molecule has 0 unspecified atom stereocenters. The topological polar surface area (TPSA) is 78.5 Å². The molecule has 4 aliphatic rings. The van der Waals surface area contributed by atoms with E-state index in [0.717, 1.165) is 44.2 Å². The van der Waals surface area contributed by atoms with E-state index in [9.17, 15) is 27.6 Å². The Morgan fingerprint density at radius 1 is 1.06 bits per heavy atom. The molecule has 4 fully saturated rings. The number of anilines is 1. The minimum atomic E-state index is -1.67. The van der Waals surface area contributed by atoms with Crippen molar-refractivity contribution < 1.29 is 27.6 Å².